The van der Waals surface area contributed by atoms with E-state index in [1.165, 1.54) is 11.8 Å². The lowest BCUT2D eigenvalue weighted by molar-refractivity contribution is -0.113. The molecule has 1 N–H and O–H groups in total. The number of thioether (sulfide) groups is 2. The molecule has 0 unspecified atom stereocenters. The largest absolute Gasteiger partial charge is 0.461 e. The lowest BCUT2D eigenvalue weighted by atomic mass is 10.3. The number of benzene rings is 2. The van der Waals surface area contributed by atoms with Gasteiger partial charge in [-0.1, -0.05) is 42.1 Å². The highest BCUT2D eigenvalue weighted by Gasteiger charge is 2.19. The topological polar surface area (TPSA) is 73.0 Å². The first-order valence-corrected chi connectivity index (χ1v) is 11.1. The number of nitrogens with zero attached hydrogens (tertiary/aromatic N) is 3. The van der Waals surface area contributed by atoms with E-state index >= 15 is 0 Å². The van der Waals surface area contributed by atoms with Crippen LogP contribution >= 0.6 is 23.5 Å². The van der Waals surface area contributed by atoms with E-state index < -0.39 is 0 Å². The van der Waals surface area contributed by atoms with Crippen LogP contribution in [0.2, 0.25) is 0 Å². The van der Waals surface area contributed by atoms with Gasteiger partial charge in [0, 0.05) is 10.6 Å². The summed E-state index contributed by atoms with van der Waals surface area (Å²) in [5.41, 5.74) is 1.71. The van der Waals surface area contributed by atoms with Crippen molar-refractivity contribution in [3.8, 4) is 17.3 Å². The minimum Gasteiger partial charge on any atom is -0.461 e. The molecular weight excluding hydrogens is 404 g/mol. The first-order chi connectivity index (χ1) is 14.3. The monoisotopic (exact) mass is 422 g/mol. The fourth-order valence-corrected chi connectivity index (χ4v) is 4.11. The van der Waals surface area contributed by atoms with Crippen molar-refractivity contribution >= 4 is 35.1 Å². The van der Waals surface area contributed by atoms with Crippen molar-refractivity contribution in [3.05, 3.63) is 73.0 Å². The number of carbonyl (C=O) groups is 1. The van der Waals surface area contributed by atoms with Crippen LogP contribution in [0.3, 0.4) is 0 Å². The second kappa shape index (κ2) is 9.02. The van der Waals surface area contributed by atoms with Gasteiger partial charge in [-0.2, -0.15) is 0 Å². The summed E-state index contributed by atoms with van der Waals surface area (Å²) in [6, 6.07) is 21.2. The molecule has 146 valence electrons. The summed E-state index contributed by atoms with van der Waals surface area (Å²) in [5, 5.41) is 12.2. The van der Waals surface area contributed by atoms with Crippen LogP contribution in [0.1, 0.15) is 0 Å². The van der Waals surface area contributed by atoms with E-state index in [4.69, 9.17) is 4.42 Å². The van der Waals surface area contributed by atoms with Gasteiger partial charge in [-0.3, -0.25) is 9.36 Å². The number of anilines is 1. The smallest absolute Gasteiger partial charge is 0.234 e. The van der Waals surface area contributed by atoms with Crippen LogP contribution in [0.25, 0.3) is 17.3 Å². The summed E-state index contributed by atoms with van der Waals surface area (Å²) in [4.78, 5) is 13.5. The Balaban J connectivity index is 1.55. The molecular formula is C21H18N4O2S2. The van der Waals surface area contributed by atoms with Crippen molar-refractivity contribution in [1.82, 2.24) is 14.8 Å². The van der Waals surface area contributed by atoms with Gasteiger partial charge < -0.3 is 9.73 Å². The molecule has 0 aliphatic carbocycles. The molecule has 2 heterocycles. The molecule has 0 spiro atoms. The summed E-state index contributed by atoms with van der Waals surface area (Å²) in [6.45, 7) is 0. The number of furan rings is 1. The molecule has 0 saturated heterocycles. The third kappa shape index (κ3) is 4.38. The predicted octanol–water partition coefficient (Wildman–Crippen LogP) is 4.98. The molecule has 2 aromatic carbocycles. The quantitative estimate of drug-likeness (QED) is 0.424. The van der Waals surface area contributed by atoms with Gasteiger partial charge in [0.25, 0.3) is 0 Å². The van der Waals surface area contributed by atoms with Crippen molar-refractivity contribution < 1.29 is 9.21 Å². The average Bonchev–Trinajstić information content (AvgIpc) is 3.43. The highest BCUT2D eigenvalue weighted by molar-refractivity contribution is 7.99. The summed E-state index contributed by atoms with van der Waals surface area (Å²) >= 11 is 2.92. The third-order valence-electron chi connectivity index (χ3n) is 4.10. The zero-order valence-corrected chi connectivity index (χ0v) is 17.2. The summed E-state index contributed by atoms with van der Waals surface area (Å²) < 4.78 is 7.41. The molecule has 4 rings (SSSR count). The molecule has 6 nitrogen and oxygen atoms in total. The number of hydrogen-bond donors (Lipinski definition) is 1. The lowest BCUT2D eigenvalue weighted by Crippen LogP contribution is -2.15. The van der Waals surface area contributed by atoms with Crippen LogP contribution in [0, 0.1) is 0 Å². The highest BCUT2D eigenvalue weighted by atomic mass is 32.2. The maximum absolute atomic E-state index is 12.5. The summed E-state index contributed by atoms with van der Waals surface area (Å²) in [7, 11) is 0. The van der Waals surface area contributed by atoms with Gasteiger partial charge in [0.15, 0.2) is 10.9 Å². The first kappa shape index (κ1) is 19.4. The second-order valence-electron chi connectivity index (χ2n) is 5.99. The maximum atomic E-state index is 12.5. The van der Waals surface area contributed by atoms with E-state index in [0.717, 1.165) is 16.3 Å². The fraction of sp³-hybridized carbons (Fsp3) is 0.0952. The number of para-hydroxylation sites is 2. The van der Waals surface area contributed by atoms with Crippen LogP contribution in [0.4, 0.5) is 5.69 Å². The highest BCUT2D eigenvalue weighted by Crippen LogP contribution is 2.29. The number of rotatable bonds is 7. The minimum atomic E-state index is -0.0985. The SMILES string of the molecule is CSc1ccccc1NC(=O)CSc1nnc(-c2ccco2)n1-c1ccccc1. The molecule has 1 amide bonds. The molecule has 4 aromatic rings. The average molecular weight is 423 g/mol. The molecule has 0 saturated carbocycles. The Kier molecular flexibility index (Phi) is 6.02. The van der Waals surface area contributed by atoms with Crippen LogP contribution in [0.15, 0.2) is 87.5 Å². The van der Waals surface area contributed by atoms with Crippen LogP contribution in [-0.4, -0.2) is 32.7 Å². The number of hydrogen-bond acceptors (Lipinski definition) is 6. The van der Waals surface area contributed by atoms with Crippen molar-refractivity contribution in [3.63, 3.8) is 0 Å². The fourth-order valence-electron chi connectivity index (χ4n) is 2.80. The van der Waals surface area contributed by atoms with Gasteiger partial charge in [0.05, 0.1) is 17.7 Å². The van der Waals surface area contributed by atoms with E-state index in [2.05, 4.69) is 15.5 Å². The molecule has 8 heteroatoms. The second-order valence-corrected chi connectivity index (χ2v) is 7.78. The van der Waals surface area contributed by atoms with Crippen molar-refractivity contribution in [2.24, 2.45) is 0 Å². The van der Waals surface area contributed by atoms with Gasteiger partial charge in [0.2, 0.25) is 11.7 Å². The Bertz CT molecular complexity index is 1100. The summed E-state index contributed by atoms with van der Waals surface area (Å²) in [6.07, 6.45) is 3.58. The molecule has 0 aliphatic rings. The molecule has 2 aromatic heterocycles. The number of amides is 1. The predicted molar refractivity (Wildman–Crippen MR) is 117 cm³/mol. The van der Waals surface area contributed by atoms with E-state index in [1.54, 1.807) is 18.0 Å². The normalized spacial score (nSPS) is 10.8. The number of nitrogens with one attached hydrogen (secondary N) is 1. The maximum Gasteiger partial charge on any atom is 0.234 e. The Morgan fingerprint density at radius 2 is 1.83 bits per heavy atom. The van der Waals surface area contributed by atoms with E-state index in [1.807, 2.05) is 77.6 Å². The van der Waals surface area contributed by atoms with Gasteiger partial charge in [-0.15, -0.1) is 22.0 Å². The molecule has 29 heavy (non-hydrogen) atoms. The Morgan fingerprint density at radius 3 is 2.59 bits per heavy atom. The van der Waals surface area contributed by atoms with E-state index in [0.29, 0.717) is 16.7 Å². The molecule has 0 bridgehead atoms. The zero-order valence-electron chi connectivity index (χ0n) is 15.6. The van der Waals surface area contributed by atoms with Crippen molar-refractivity contribution in [1.29, 1.82) is 0 Å². The van der Waals surface area contributed by atoms with Gasteiger partial charge in [0.1, 0.15) is 0 Å². The molecule has 0 aliphatic heterocycles. The van der Waals surface area contributed by atoms with Crippen LogP contribution in [-0.2, 0) is 4.79 Å². The molecule has 0 radical (unpaired) electrons. The minimum absolute atomic E-state index is 0.0985. The first-order valence-electron chi connectivity index (χ1n) is 8.86. The zero-order chi connectivity index (χ0) is 20.1. The van der Waals surface area contributed by atoms with Gasteiger partial charge in [-0.25, -0.2) is 0 Å². The summed E-state index contributed by atoms with van der Waals surface area (Å²) in [5.74, 6) is 1.33. The number of aromatic nitrogens is 3. The lowest BCUT2D eigenvalue weighted by Gasteiger charge is -2.10. The van der Waals surface area contributed by atoms with Crippen LogP contribution < -0.4 is 5.32 Å². The Morgan fingerprint density at radius 1 is 1.03 bits per heavy atom. The Hall–Kier alpha value is -2.97. The Labute approximate surface area is 176 Å². The standard InChI is InChI=1S/C21H18N4O2S2/c1-28-18-12-6-5-10-16(18)22-19(26)14-29-21-24-23-20(17-11-7-13-27-17)25(21)15-8-3-2-4-9-15/h2-13H,14H2,1H3,(H,22,26). The van der Waals surface area contributed by atoms with Crippen molar-refractivity contribution in [2.75, 3.05) is 17.3 Å². The molecule has 0 fully saturated rings. The van der Waals surface area contributed by atoms with E-state index in [-0.39, 0.29) is 11.7 Å². The van der Waals surface area contributed by atoms with Gasteiger partial charge >= 0.3 is 0 Å². The van der Waals surface area contributed by atoms with Gasteiger partial charge in [-0.05, 0) is 42.7 Å². The third-order valence-corrected chi connectivity index (χ3v) is 5.83. The van der Waals surface area contributed by atoms with E-state index in [9.17, 15) is 4.79 Å². The number of carbonyl (C=O) groups excluding carboxylic acids is 1. The van der Waals surface area contributed by atoms with Crippen molar-refractivity contribution in [2.45, 2.75) is 10.1 Å². The molecule has 0 atom stereocenters. The van der Waals surface area contributed by atoms with Crippen LogP contribution in [0.5, 0.6) is 0 Å².